The van der Waals surface area contributed by atoms with Crippen molar-refractivity contribution in [3.8, 4) is 0 Å². The number of carbonyl (C=O) groups excluding carboxylic acids is 3. The van der Waals surface area contributed by atoms with Crippen LogP contribution in [0.25, 0.3) is 0 Å². The second-order valence-electron chi connectivity index (χ2n) is 18.5. The second kappa shape index (κ2) is 15.6. The molecule has 0 aromatic rings. The molecule has 51 heavy (non-hydrogen) atoms. The van der Waals surface area contributed by atoms with Crippen molar-refractivity contribution in [1.82, 2.24) is 19.6 Å². The highest BCUT2D eigenvalue weighted by Crippen LogP contribution is 2.45. The number of esters is 1. The smallest absolute Gasteiger partial charge is 0.319 e. The lowest BCUT2D eigenvalue weighted by Gasteiger charge is -2.55. The molecule has 12 heteroatoms. The van der Waals surface area contributed by atoms with Gasteiger partial charge in [-0.1, -0.05) is 27.7 Å². The summed E-state index contributed by atoms with van der Waals surface area (Å²) < 4.78 is 32.3. The zero-order valence-electron chi connectivity index (χ0n) is 33.6. The lowest BCUT2D eigenvalue weighted by atomic mass is 9.76. The molecule has 4 aliphatic heterocycles. The van der Waals surface area contributed by atoms with Gasteiger partial charge in [-0.05, 0) is 85.5 Å². The summed E-state index contributed by atoms with van der Waals surface area (Å²) in [5, 5.41) is 0. The third-order valence-electron chi connectivity index (χ3n) is 12.2. The minimum atomic E-state index is -1.44. The number of likely N-dealkylation sites (N-methyl/N-ethyl adjacent to an activating group) is 2. The Bertz CT molecular complexity index is 1250. The lowest BCUT2D eigenvalue weighted by molar-refractivity contribution is -0.424. The molecule has 1 aliphatic carbocycles. The molecular formula is C39H68N4O8. The number of cyclic esters (lactones) is 1. The number of methoxy groups -OCH3 is 1. The fourth-order valence-electron chi connectivity index (χ4n) is 9.24. The zero-order chi connectivity index (χ0) is 37.6. The van der Waals surface area contributed by atoms with Crippen LogP contribution < -0.4 is 0 Å². The van der Waals surface area contributed by atoms with Gasteiger partial charge >= 0.3 is 5.97 Å². The predicted molar refractivity (Wildman–Crippen MR) is 194 cm³/mol. The highest BCUT2D eigenvalue weighted by atomic mass is 16.8. The van der Waals surface area contributed by atoms with Crippen molar-refractivity contribution in [2.45, 2.75) is 123 Å². The topological polar surface area (TPSA) is 110 Å². The van der Waals surface area contributed by atoms with Crippen LogP contribution in [0.3, 0.4) is 0 Å². The Balaban J connectivity index is 1.33. The number of hydrogen-bond acceptors (Lipinski definition) is 11. The van der Waals surface area contributed by atoms with Crippen LogP contribution in [-0.2, 0) is 38.1 Å². The Morgan fingerprint density at radius 3 is 2.31 bits per heavy atom. The molecule has 5 aliphatic rings. The number of Topliss-reactive ketones (excluding diaryl/α,β-unsaturated/α-hetero) is 1. The number of rotatable bonds is 9. The molecule has 12 nitrogen and oxygen atoms in total. The van der Waals surface area contributed by atoms with E-state index < -0.39 is 41.6 Å². The highest BCUT2D eigenvalue weighted by Gasteiger charge is 2.59. The van der Waals surface area contributed by atoms with Gasteiger partial charge in [0.2, 0.25) is 5.91 Å². The number of ether oxygens (including phenoxy) is 5. The van der Waals surface area contributed by atoms with E-state index in [1.165, 1.54) is 12.8 Å². The summed E-state index contributed by atoms with van der Waals surface area (Å²) in [5.41, 5.74) is -1.56. The molecule has 4 saturated heterocycles. The number of likely N-dealkylation sites (tertiary alicyclic amines) is 1. The quantitative estimate of drug-likeness (QED) is 0.258. The van der Waals surface area contributed by atoms with Gasteiger partial charge in [0.1, 0.15) is 24.2 Å². The minimum Gasteiger partial charge on any atom is -0.463 e. The van der Waals surface area contributed by atoms with Crippen LogP contribution in [0.2, 0.25) is 0 Å². The van der Waals surface area contributed by atoms with E-state index in [1.54, 1.807) is 27.9 Å². The summed E-state index contributed by atoms with van der Waals surface area (Å²) in [6, 6.07) is -0.106. The molecule has 0 spiro atoms. The molecule has 0 aromatic heterocycles. The monoisotopic (exact) mass is 721 g/mol. The Morgan fingerprint density at radius 1 is 1.04 bits per heavy atom. The minimum absolute atomic E-state index is 0.0228. The lowest BCUT2D eigenvalue weighted by Crippen LogP contribution is -2.69. The van der Waals surface area contributed by atoms with Gasteiger partial charge in [0, 0.05) is 76.6 Å². The van der Waals surface area contributed by atoms with E-state index >= 15 is 0 Å². The van der Waals surface area contributed by atoms with E-state index in [9.17, 15) is 14.4 Å². The van der Waals surface area contributed by atoms with Crippen LogP contribution in [-0.4, -0.2) is 154 Å². The average Bonchev–Trinajstić information content (AvgIpc) is 3.82. The van der Waals surface area contributed by atoms with Gasteiger partial charge in [-0.15, -0.1) is 0 Å². The summed E-state index contributed by atoms with van der Waals surface area (Å²) in [6.45, 7) is 17.6. The van der Waals surface area contributed by atoms with Crippen LogP contribution in [0.4, 0.5) is 0 Å². The molecule has 0 bridgehead atoms. The number of fused-ring (bicyclic) bond motifs is 2. The molecule has 292 valence electrons. The molecule has 9 atom stereocenters. The van der Waals surface area contributed by atoms with Crippen molar-refractivity contribution in [1.29, 1.82) is 0 Å². The van der Waals surface area contributed by atoms with Gasteiger partial charge in [-0.2, -0.15) is 0 Å². The summed E-state index contributed by atoms with van der Waals surface area (Å²) >= 11 is 0. The fourth-order valence-corrected chi connectivity index (χ4v) is 9.24. The van der Waals surface area contributed by atoms with E-state index in [4.69, 9.17) is 23.7 Å². The van der Waals surface area contributed by atoms with Gasteiger partial charge in [0.25, 0.3) is 0 Å². The standard InChI is InChI=1S/C39H68N4O8/c1-24-16-39(47-12)34(50-35-32(51-39)29(40(8)9)15-25(2)49-35)26(3)33(45)38(6,7)36(46)48-22-30(42(11)18-24)28-20-43(21-28)31(44)17-37(4,5)23-41(10)19-27-13-14-27/h24-30,32,34-35H,13-23H2,1-12H3/t24-,25-,26+,29+,30+,32-,34-,35+,39+/m1/s1. The molecule has 5 fully saturated rings. The Hall–Kier alpha value is -1.67. The molecule has 0 unspecified atom stereocenters. The van der Waals surface area contributed by atoms with E-state index in [1.807, 2.05) is 25.9 Å². The van der Waals surface area contributed by atoms with E-state index in [0.29, 0.717) is 32.5 Å². The maximum absolute atomic E-state index is 14.3. The molecule has 1 amide bonds. The molecule has 1 saturated carbocycles. The van der Waals surface area contributed by atoms with E-state index in [2.05, 4.69) is 49.6 Å². The maximum atomic E-state index is 14.3. The average molecular weight is 721 g/mol. The fraction of sp³-hybridized carbons (Fsp3) is 0.923. The Kier molecular flexibility index (Phi) is 12.4. The first kappa shape index (κ1) is 40.5. The molecular weight excluding hydrogens is 652 g/mol. The van der Waals surface area contributed by atoms with Gasteiger partial charge in [-0.25, -0.2) is 0 Å². The largest absolute Gasteiger partial charge is 0.463 e. The van der Waals surface area contributed by atoms with Crippen LogP contribution in [0.5, 0.6) is 0 Å². The first-order chi connectivity index (χ1) is 23.8. The van der Waals surface area contributed by atoms with Gasteiger partial charge in [-0.3, -0.25) is 19.3 Å². The highest BCUT2D eigenvalue weighted by molar-refractivity contribution is 6.04. The number of hydrogen-bond donors (Lipinski definition) is 0. The predicted octanol–water partition coefficient (Wildman–Crippen LogP) is 3.51. The molecule has 0 radical (unpaired) electrons. The maximum Gasteiger partial charge on any atom is 0.319 e. The van der Waals surface area contributed by atoms with Crippen molar-refractivity contribution < 1.29 is 38.1 Å². The zero-order valence-corrected chi connectivity index (χ0v) is 33.6. The second-order valence-corrected chi connectivity index (χ2v) is 18.5. The first-order valence-electron chi connectivity index (χ1n) is 19.3. The number of amides is 1. The number of ketones is 1. The van der Waals surface area contributed by atoms with Gasteiger partial charge in [0.15, 0.2) is 17.9 Å². The van der Waals surface area contributed by atoms with Crippen molar-refractivity contribution in [2.75, 3.05) is 74.6 Å². The Labute approximate surface area is 307 Å². The SMILES string of the molecule is CO[C@]12C[C@@H](C)CN(C)[C@H](C3CN(C(=O)CC(C)(C)CN(C)CC4CC4)C3)COC(=O)C(C)(C)C(=O)[C@H](C)[C@H]1O[C@@H]1O[C@H](C)C[C@H](N(C)C)[C@H]1O2. The molecule has 0 N–H and O–H groups in total. The van der Waals surface area contributed by atoms with Gasteiger partial charge in [0.05, 0.1) is 6.10 Å². The third kappa shape index (κ3) is 9.01. The van der Waals surface area contributed by atoms with E-state index in [-0.39, 0.29) is 53.7 Å². The summed E-state index contributed by atoms with van der Waals surface area (Å²) in [5.74, 6) is -1.69. The van der Waals surface area contributed by atoms with Crippen molar-refractivity contribution in [2.24, 2.45) is 34.5 Å². The Morgan fingerprint density at radius 2 is 1.71 bits per heavy atom. The van der Waals surface area contributed by atoms with Crippen molar-refractivity contribution >= 4 is 17.7 Å². The summed E-state index contributed by atoms with van der Waals surface area (Å²) in [6.07, 6.45) is 2.39. The molecule has 0 aromatic carbocycles. The number of carbonyl (C=O) groups is 3. The third-order valence-corrected chi connectivity index (χ3v) is 12.2. The van der Waals surface area contributed by atoms with Crippen molar-refractivity contribution in [3.05, 3.63) is 0 Å². The summed E-state index contributed by atoms with van der Waals surface area (Å²) in [4.78, 5) is 50.2. The van der Waals surface area contributed by atoms with Crippen LogP contribution >= 0.6 is 0 Å². The van der Waals surface area contributed by atoms with Crippen LogP contribution in [0.15, 0.2) is 0 Å². The molecule has 4 heterocycles. The van der Waals surface area contributed by atoms with Crippen LogP contribution in [0.1, 0.15) is 80.6 Å². The van der Waals surface area contributed by atoms with Crippen molar-refractivity contribution in [3.63, 3.8) is 0 Å². The van der Waals surface area contributed by atoms with Gasteiger partial charge < -0.3 is 38.4 Å². The molecule has 5 rings (SSSR count). The van der Waals surface area contributed by atoms with E-state index in [0.717, 1.165) is 25.4 Å². The first-order valence-corrected chi connectivity index (χ1v) is 19.3. The normalized spacial score (nSPS) is 37.5. The number of nitrogens with zero attached hydrogens (tertiary/aromatic N) is 4. The summed E-state index contributed by atoms with van der Waals surface area (Å²) in [7, 11) is 9.89. The van der Waals surface area contributed by atoms with Crippen LogP contribution in [0, 0.1) is 34.5 Å².